The van der Waals surface area contributed by atoms with E-state index in [0.29, 0.717) is 19.6 Å². The first-order valence-corrected chi connectivity index (χ1v) is 8.89. The predicted octanol–water partition coefficient (Wildman–Crippen LogP) is 1.88. The van der Waals surface area contributed by atoms with Crippen LogP contribution in [0, 0.1) is 0 Å². The van der Waals surface area contributed by atoms with Gasteiger partial charge in [-0.25, -0.2) is 12.7 Å². The van der Waals surface area contributed by atoms with Crippen molar-refractivity contribution in [3.05, 3.63) is 60.2 Å². The van der Waals surface area contributed by atoms with Crippen LogP contribution in [0.25, 0.3) is 0 Å². The van der Waals surface area contributed by atoms with Crippen LogP contribution in [-0.4, -0.2) is 38.8 Å². The highest BCUT2D eigenvalue weighted by atomic mass is 32.2. The Morgan fingerprint density at radius 1 is 1.08 bits per heavy atom. The maximum Gasteiger partial charge on any atom is 0.248 e. The van der Waals surface area contributed by atoms with Gasteiger partial charge in [0.1, 0.15) is 5.75 Å². The molecule has 0 saturated carbocycles. The molecular weight excluding hydrogens is 328 g/mol. The molecular formula is C17H20N2O4S. The second-order valence-corrected chi connectivity index (χ2v) is 7.28. The van der Waals surface area contributed by atoms with Gasteiger partial charge >= 0.3 is 0 Å². The van der Waals surface area contributed by atoms with E-state index in [2.05, 4.69) is 0 Å². The van der Waals surface area contributed by atoms with Gasteiger partial charge in [0.2, 0.25) is 15.9 Å². The third-order valence-electron chi connectivity index (χ3n) is 3.48. The number of rotatable bonds is 8. The molecule has 0 unspecified atom stereocenters. The fourth-order valence-corrected chi connectivity index (χ4v) is 3.29. The van der Waals surface area contributed by atoms with Crippen LogP contribution in [0.15, 0.2) is 59.5 Å². The Labute approximate surface area is 141 Å². The molecule has 0 aliphatic rings. The van der Waals surface area contributed by atoms with Gasteiger partial charge < -0.3 is 10.5 Å². The molecule has 2 rings (SSSR count). The fraction of sp³-hybridized carbons (Fsp3) is 0.235. The standard InChI is InChI=1S/C17H20N2O4S/c1-19(12-5-13-23-15-6-3-2-4-7-15)24(21,22)16-10-8-14(9-11-16)17(18)20/h2-4,6-11H,5,12-13H2,1H3,(H2,18,20). The van der Waals surface area contributed by atoms with Crippen LogP contribution in [0.1, 0.15) is 16.8 Å². The van der Waals surface area contributed by atoms with E-state index in [1.54, 1.807) is 0 Å². The van der Waals surface area contributed by atoms with E-state index in [1.165, 1.54) is 35.6 Å². The summed E-state index contributed by atoms with van der Waals surface area (Å²) in [4.78, 5) is 11.2. The molecule has 0 fully saturated rings. The summed E-state index contributed by atoms with van der Waals surface area (Å²) < 4.78 is 31.7. The molecule has 0 heterocycles. The number of hydrogen-bond donors (Lipinski definition) is 1. The number of hydrogen-bond acceptors (Lipinski definition) is 4. The molecule has 7 heteroatoms. The van der Waals surface area contributed by atoms with Crippen LogP contribution in [-0.2, 0) is 10.0 Å². The zero-order valence-corrected chi connectivity index (χ0v) is 14.2. The van der Waals surface area contributed by atoms with Gasteiger partial charge in [0.25, 0.3) is 0 Å². The van der Waals surface area contributed by atoms with Crippen molar-refractivity contribution in [2.24, 2.45) is 5.73 Å². The third kappa shape index (κ3) is 4.56. The zero-order valence-electron chi connectivity index (χ0n) is 13.4. The average molecular weight is 348 g/mol. The van der Waals surface area contributed by atoms with Crippen LogP contribution in [0.5, 0.6) is 5.75 Å². The van der Waals surface area contributed by atoms with E-state index in [4.69, 9.17) is 10.5 Å². The molecule has 0 radical (unpaired) electrons. The molecule has 2 aromatic rings. The number of carbonyl (C=O) groups excluding carboxylic acids is 1. The minimum Gasteiger partial charge on any atom is -0.494 e. The Hall–Kier alpha value is -2.38. The van der Waals surface area contributed by atoms with Gasteiger partial charge in [-0.05, 0) is 42.8 Å². The Morgan fingerprint density at radius 3 is 2.29 bits per heavy atom. The van der Waals surface area contributed by atoms with Crippen molar-refractivity contribution in [1.29, 1.82) is 0 Å². The smallest absolute Gasteiger partial charge is 0.248 e. The van der Waals surface area contributed by atoms with Crippen molar-refractivity contribution in [2.75, 3.05) is 20.2 Å². The molecule has 0 aliphatic heterocycles. The molecule has 0 aromatic heterocycles. The highest BCUT2D eigenvalue weighted by Crippen LogP contribution is 2.15. The van der Waals surface area contributed by atoms with Crippen molar-refractivity contribution in [2.45, 2.75) is 11.3 Å². The minimum absolute atomic E-state index is 0.124. The van der Waals surface area contributed by atoms with Gasteiger partial charge in [-0.2, -0.15) is 0 Å². The van der Waals surface area contributed by atoms with Gasteiger partial charge in [0.15, 0.2) is 0 Å². The highest BCUT2D eigenvalue weighted by molar-refractivity contribution is 7.89. The molecule has 128 valence electrons. The largest absolute Gasteiger partial charge is 0.494 e. The van der Waals surface area contributed by atoms with Gasteiger partial charge in [0.05, 0.1) is 11.5 Å². The number of amides is 1. The summed E-state index contributed by atoms with van der Waals surface area (Å²) >= 11 is 0. The summed E-state index contributed by atoms with van der Waals surface area (Å²) in [5.74, 6) is 0.162. The lowest BCUT2D eigenvalue weighted by Gasteiger charge is -2.17. The number of primary amides is 1. The van der Waals surface area contributed by atoms with E-state index in [0.717, 1.165) is 5.75 Å². The summed E-state index contributed by atoms with van der Waals surface area (Å²) in [6.45, 7) is 0.747. The third-order valence-corrected chi connectivity index (χ3v) is 5.35. The molecule has 2 N–H and O–H groups in total. The lowest BCUT2D eigenvalue weighted by Crippen LogP contribution is -2.29. The van der Waals surface area contributed by atoms with Crippen LogP contribution < -0.4 is 10.5 Å². The lowest BCUT2D eigenvalue weighted by molar-refractivity contribution is 0.1000. The first-order chi connectivity index (χ1) is 11.4. The molecule has 0 saturated heterocycles. The summed E-state index contributed by atoms with van der Waals surface area (Å²) in [6.07, 6.45) is 0.560. The maximum atomic E-state index is 12.4. The van der Waals surface area contributed by atoms with E-state index < -0.39 is 15.9 Å². The van der Waals surface area contributed by atoms with E-state index in [1.807, 2.05) is 30.3 Å². The van der Waals surface area contributed by atoms with Crippen molar-refractivity contribution in [3.8, 4) is 5.75 Å². The maximum absolute atomic E-state index is 12.4. The molecule has 2 aromatic carbocycles. The summed E-state index contributed by atoms with van der Waals surface area (Å²) in [5.41, 5.74) is 5.42. The van der Waals surface area contributed by atoms with Gasteiger partial charge in [-0.1, -0.05) is 18.2 Å². The summed E-state index contributed by atoms with van der Waals surface area (Å²) in [7, 11) is -2.09. The number of ether oxygens (including phenoxy) is 1. The molecule has 0 aliphatic carbocycles. The topological polar surface area (TPSA) is 89.7 Å². The van der Waals surface area contributed by atoms with Crippen molar-refractivity contribution in [1.82, 2.24) is 4.31 Å². The Bertz CT molecular complexity index is 774. The van der Waals surface area contributed by atoms with Crippen LogP contribution in [0.4, 0.5) is 0 Å². The van der Waals surface area contributed by atoms with Crippen molar-refractivity contribution >= 4 is 15.9 Å². The second-order valence-electron chi connectivity index (χ2n) is 5.23. The first kappa shape index (κ1) is 18.0. The zero-order chi connectivity index (χ0) is 17.6. The number of sulfonamides is 1. The summed E-state index contributed by atoms with van der Waals surface area (Å²) in [5, 5.41) is 0. The fourth-order valence-electron chi connectivity index (χ4n) is 2.09. The van der Waals surface area contributed by atoms with Gasteiger partial charge in [-0.3, -0.25) is 4.79 Å². The predicted molar refractivity (Wildman–Crippen MR) is 91.3 cm³/mol. The SMILES string of the molecule is CN(CCCOc1ccccc1)S(=O)(=O)c1ccc(C(N)=O)cc1. The van der Waals surface area contributed by atoms with Crippen LogP contribution in [0.2, 0.25) is 0 Å². The van der Waals surface area contributed by atoms with Crippen LogP contribution >= 0.6 is 0 Å². The average Bonchev–Trinajstić information content (AvgIpc) is 2.59. The van der Waals surface area contributed by atoms with Gasteiger partial charge in [0, 0.05) is 19.2 Å². The molecule has 0 atom stereocenters. The quantitative estimate of drug-likeness (QED) is 0.738. The lowest BCUT2D eigenvalue weighted by atomic mass is 10.2. The molecule has 0 bridgehead atoms. The molecule has 1 amide bonds. The number of carbonyl (C=O) groups is 1. The highest BCUT2D eigenvalue weighted by Gasteiger charge is 2.20. The molecule has 0 spiro atoms. The van der Waals surface area contributed by atoms with Crippen molar-refractivity contribution < 1.29 is 17.9 Å². The second kappa shape index (κ2) is 7.94. The van der Waals surface area contributed by atoms with E-state index in [9.17, 15) is 13.2 Å². The Kier molecular flexibility index (Phi) is 5.94. The number of nitrogens with zero attached hydrogens (tertiary/aromatic N) is 1. The number of benzene rings is 2. The molecule has 24 heavy (non-hydrogen) atoms. The number of para-hydroxylation sites is 1. The van der Waals surface area contributed by atoms with Crippen molar-refractivity contribution in [3.63, 3.8) is 0 Å². The Morgan fingerprint density at radius 2 is 1.71 bits per heavy atom. The normalized spacial score (nSPS) is 11.4. The van der Waals surface area contributed by atoms with E-state index >= 15 is 0 Å². The monoisotopic (exact) mass is 348 g/mol. The van der Waals surface area contributed by atoms with Crippen LogP contribution in [0.3, 0.4) is 0 Å². The van der Waals surface area contributed by atoms with Gasteiger partial charge in [-0.15, -0.1) is 0 Å². The minimum atomic E-state index is -3.60. The first-order valence-electron chi connectivity index (χ1n) is 7.45. The summed E-state index contributed by atoms with van der Waals surface area (Å²) in [6, 6.07) is 14.9. The van der Waals surface area contributed by atoms with E-state index in [-0.39, 0.29) is 10.5 Å². The number of nitrogens with two attached hydrogens (primary N) is 1. The molecule has 6 nitrogen and oxygen atoms in total. The Balaban J connectivity index is 1.90.